The van der Waals surface area contributed by atoms with Gasteiger partial charge in [-0.15, -0.1) is 11.6 Å². The van der Waals surface area contributed by atoms with Crippen LogP contribution in [0.3, 0.4) is 0 Å². The van der Waals surface area contributed by atoms with E-state index in [4.69, 9.17) is 21.1 Å². The van der Waals surface area contributed by atoms with Gasteiger partial charge in [-0.05, 0) is 95.4 Å². The second kappa shape index (κ2) is 25.5. The third-order valence-electron chi connectivity index (χ3n) is 13.8. The van der Waals surface area contributed by atoms with Crippen LogP contribution in [0.25, 0.3) is 0 Å². The maximum atomic E-state index is 13.0. The number of hydrogen-bond donors (Lipinski definition) is 4. The summed E-state index contributed by atoms with van der Waals surface area (Å²) in [5, 5.41) is 2.91. The topological polar surface area (TPSA) is 217 Å². The Balaban J connectivity index is 0.00000888. The first-order valence-electron chi connectivity index (χ1n) is 24.0. The molecule has 0 bridgehead atoms. The predicted octanol–water partition coefficient (Wildman–Crippen LogP) is 5.16. The molecule has 2 atom stereocenters. The summed E-state index contributed by atoms with van der Waals surface area (Å²) in [5.74, 6) is 0.197. The fourth-order valence-corrected chi connectivity index (χ4v) is 13.0. The Bertz CT molecular complexity index is 2620. The van der Waals surface area contributed by atoms with E-state index < -0.39 is 46.9 Å². The summed E-state index contributed by atoms with van der Waals surface area (Å²) >= 11 is 5.71. The number of carbonyl (C=O) groups is 1. The van der Waals surface area contributed by atoms with Gasteiger partial charge in [-0.3, -0.25) is 18.5 Å². The fraction of sp³-hybridized carbons (Fsp3) is 0.592. The minimum absolute atomic E-state index is 0. The number of aryl methyl sites for hydroxylation is 2. The van der Waals surface area contributed by atoms with Crippen LogP contribution >= 0.6 is 11.6 Å². The van der Waals surface area contributed by atoms with E-state index in [2.05, 4.69) is 14.8 Å². The fourth-order valence-electron chi connectivity index (χ4n) is 10.6. The Kier molecular flexibility index (Phi) is 21.2. The number of carbonyl (C=O) groups excluding carboxylic acids is 1. The molecule has 4 aliphatic heterocycles. The molecule has 0 saturated heterocycles. The number of ether oxygens (including phenoxy) is 2. The molecule has 376 valence electrons. The Labute approximate surface area is 436 Å². The minimum Gasteiger partial charge on any atom is -0.379 e. The predicted molar refractivity (Wildman–Crippen MR) is 265 cm³/mol. The van der Waals surface area contributed by atoms with E-state index in [-0.39, 0.29) is 51.7 Å². The van der Waals surface area contributed by atoms with Gasteiger partial charge in [0.05, 0.1) is 36.6 Å². The van der Waals surface area contributed by atoms with Crippen LogP contribution in [-0.2, 0) is 68.3 Å². The van der Waals surface area contributed by atoms with Gasteiger partial charge in [0.25, 0.3) is 30.4 Å². The van der Waals surface area contributed by atoms with E-state index in [9.17, 15) is 43.7 Å². The van der Waals surface area contributed by atoms with E-state index in [0.29, 0.717) is 102 Å². The number of allylic oxidation sites excluding steroid dienone is 6. The van der Waals surface area contributed by atoms with Gasteiger partial charge in [0.1, 0.15) is 16.3 Å². The molecule has 0 aliphatic carbocycles. The molecular weight excluding hydrogens is 977 g/mol. The normalized spacial score (nSPS) is 20.6. The van der Waals surface area contributed by atoms with Gasteiger partial charge < -0.3 is 19.7 Å². The van der Waals surface area contributed by atoms with Crippen molar-refractivity contribution in [3.63, 3.8) is 0 Å². The zero-order valence-electron chi connectivity index (χ0n) is 40.4. The van der Waals surface area contributed by atoms with Crippen molar-refractivity contribution < 1.29 is 87.3 Å². The summed E-state index contributed by atoms with van der Waals surface area (Å²) in [4.78, 5) is 14.5. The van der Waals surface area contributed by atoms with Crippen molar-refractivity contribution >= 4 is 64.9 Å². The number of unbranched alkanes of at least 4 members (excludes halogenated alkanes) is 6. The maximum absolute atomic E-state index is 13.0. The molecule has 69 heavy (non-hydrogen) atoms. The van der Waals surface area contributed by atoms with E-state index in [0.717, 1.165) is 91.7 Å². The first-order chi connectivity index (χ1) is 32.3. The number of benzene rings is 2. The quantitative estimate of drug-likeness (QED) is 0.0217. The number of hydrogen-bond acceptors (Lipinski definition) is 10. The summed E-state index contributed by atoms with van der Waals surface area (Å²) in [5.41, 5.74) is 4.54. The van der Waals surface area contributed by atoms with Crippen molar-refractivity contribution in [1.82, 2.24) is 5.32 Å². The molecule has 6 rings (SSSR count). The van der Waals surface area contributed by atoms with E-state index in [1.807, 2.05) is 44.2 Å². The first-order valence-corrected chi connectivity index (χ1v) is 29.0. The van der Waals surface area contributed by atoms with Crippen LogP contribution in [0.1, 0.15) is 126 Å². The van der Waals surface area contributed by atoms with Crippen LogP contribution in [-0.4, -0.2) is 113 Å². The number of amides is 1. The molecule has 0 saturated carbocycles. The molecular formula is C49H69ClN3NaO12S3+2. The Morgan fingerprint density at radius 3 is 2.10 bits per heavy atom. The molecule has 0 radical (unpaired) electrons. The third kappa shape index (κ3) is 14.4. The van der Waals surface area contributed by atoms with Crippen molar-refractivity contribution in [1.29, 1.82) is 0 Å². The monoisotopic (exact) mass is 1050 g/mol. The second-order valence-electron chi connectivity index (χ2n) is 18.7. The minimum atomic E-state index is -4.62. The largest absolute Gasteiger partial charge is 1.00 e. The van der Waals surface area contributed by atoms with Crippen molar-refractivity contribution in [3.05, 3.63) is 82.6 Å². The molecule has 1 amide bonds. The second-order valence-corrected chi connectivity index (χ2v) is 23.4. The molecule has 4 heterocycles. The van der Waals surface area contributed by atoms with E-state index in [1.54, 1.807) is 12.1 Å². The van der Waals surface area contributed by atoms with Crippen molar-refractivity contribution in [2.75, 3.05) is 62.6 Å². The SMILES string of the molecule is CC1(CCCCCC(=O)NCCOCCOCCCCCCCl)C(/C=C/C=C/C=C2\N3CCCc4ccc(S(=O)(=O)O)c(c43)C2(C)CCCCS(=O)(=O)O)=[N+]2CCCc3ccc(S(=O)(=O)O)c1c32.[Na+]. The molecule has 0 spiro atoms. The number of nitrogens with one attached hydrogen (secondary N) is 1. The zero-order valence-corrected chi connectivity index (χ0v) is 45.6. The standard InChI is InChI=1S/C49H68ClN3O12S3.Na/c1-48(26-10-6-9-21-43(54)51-29-33-65-35-34-64-32-13-4-3-12-28-50)41(52-30-15-17-37-22-24-39(67(58,59)60)44(48)46(37)52)19-7-5-8-20-42-49(2,27-11-14-36-66(55,56)57)45-40(68(61,62)63)25-23-38-18-16-31-53(42)47(38)45;/h5,7-8,19-20,22-25H,3-4,6,9-18,21,26-36H2,1-2H3,(H3-,51,54,55,56,57,58,59,60,61,62,63);/q;+1/p+1. The average molecular weight is 1050 g/mol. The molecule has 15 nitrogen and oxygen atoms in total. The zero-order chi connectivity index (χ0) is 49.2. The Hall–Kier alpha value is -2.46. The van der Waals surface area contributed by atoms with E-state index in [1.165, 1.54) is 12.1 Å². The Morgan fingerprint density at radius 1 is 0.754 bits per heavy atom. The molecule has 2 aromatic rings. The number of nitrogens with zero attached hydrogens (tertiary/aromatic N) is 2. The van der Waals surface area contributed by atoms with Gasteiger partial charge in [-0.25, -0.2) is 0 Å². The van der Waals surface area contributed by atoms with Crippen LogP contribution in [0.2, 0.25) is 0 Å². The van der Waals surface area contributed by atoms with Gasteiger partial charge in [0.15, 0.2) is 5.71 Å². The Morgan fingerprint density at radius 2 is 1.39 bits per heavy atom. The number of halogens is 1. The summed E-state index contributed by atoms with van der Waals surface area (Å²) < 4.78 is 118. The molecule has 2 aromatic carbocycles. The smallest absolute Gasteiger partial charge is 0.379 e. The third-order valence-corrected chi connectivity index (χ3v) is 16.6. The molecule has 20 heteroatoms. The number of rotatable bonds is 28. The van der Waals surface area contributed by atoms with E-state index >= 15 is 0 Å². The molecule has 2 unspecified atom stereocenters. The summed E-state index contributed by atoms with van der Waals surface area (Å²) in [6.07, 6.45) is 20.7. The summed E-state index contributed by atoms with van der Waals surface area (Å²) in [6, 6.07) is 6.48. The van der Waals surface area contributed by atoms with Gasteiger partial charge in [0.2, 0.25) is 11.6 Å². The number of alkyl halides is 1. The van der Waals surface area contributed by atoms with Crippen molar-refractivity contribution in [2.24, 2.45) is 0 Å². The van der Waals surface area contributed by atoms with Crippen LogP contribution in [0.5, 0.6) is 0 Å². The maximum Gasteiger partial charge on any atom is 1.00 e. The first kappa shape index (κ1) is 57.4. The molecule has 0 fully saturated rings. The molecule has 0 aromatic heterocycles. The molecule has 4 aliphatic rings. The van der Waals surface area contributed by atoms with Crippen molar-refractivity contribution in [2.45, 2.75) is 137 Å². The van der Waals surface area contributed by atoms with Gasteiger partial charge in [0, 0.05) is 72.4 Å². The average Bonchev–Trinajstić information content (AvgIpc) is 3.67. The van der Waals surface area contributed by atoms with Crippen LogP contribution in [0.15, 0.2) is 70.1 Å². The summed E-state index contributed by atoms with van der Waals surface area (Å²) in [7, 11) is -13.4. The van der Waals surface area contributed by atoms with Gasteiger partial charge >= 0.3 is 29.6 Å². The summed E-state index contributed by atoms with van der Waals surface area (Å²) in [6.45, 7) is 7.66. The number of anilines is 1. The van der Waals surface area contributed by atoms with Gasteiger partial charge in [-0.2, -0.15) is 29.8 Å². The van der Waals surface area contributed by atoms with Crippen molar-refractivity contribution in [3.8, 4) is 0 Å². The van der Waals surface area contributed by atoms with Gasteiger partial charge in [-0.1, -0.05) is 62.5 Å². The van der Waals surface area contributed by atoms with Crippen LogP contribution in [0, 0.1) is 0 Å². The van der Waals surface area contributed by atoms with Crippen LogP contribution in [0.4, 0.5) is 11.4 Å². The van der Waals surface area contributed by atoms with Crippen LogP contribution < -0.4 is 39.8 Å². The molecule has 4 N–H and O–H groups in total.